The summed E-state index contributed by atoms with van der Waals surface area (Å²) >= 11 is 0. The number of fused-ring (bicyclic) bond motifs is 1. The fourth-order valence-corrected chi connectivity index (χ4v) is 3.49. The number of carbonyl (C=O) groups is 2. The summed E-state index contributed by atoms with van der Waals surface area (Å²) in [5, 5.41) is 2.89. The molecular weight excluding hydrogens is 427 g/mol. The highest BCUT2D eigenvalue weighted by atomic mass is 32.2. The number of carbonyl (C=O) groups excluding carboxylic acids is 2. The van der Waals surface area contributed by atoms with Gasteiger partial charge in [-0.15, -0.1) is 0 Å². The lowest BCUT2D eigenvalue weighted by atomic mass is 10.0. The molecule has 0 saturated carbocycles. The third-order valence-corrected chi connectivity index (χ3v) is 5.79. The van der Waals surface area contributed by atoms with Crippen molar-refractivity contribution in [3.05, 3.63) is 47.8 Å². The number of benzene rings is 2. The van der Waals surface area contributed by atoms with Crippen LogP contribution < -0.4 is 14.4 Å². The summed E-state index contributed by atoms with van der Waals surface area (Å²) in [4.78, 5) is 24.1. The smallest absolute Gasteiger partial charge is 0.255 e. The standard InChI is InChI=1S/C21H21FN2O6S/c1-12(25)11-29-18-9-15-17(10-16(18)24(3)31(4,27)28)30-20(19(15)21(26)23-2)13-5-7-14(22)8-6-13/h5-10H,11H2,1-4H3,(H,23,26). The number of hydrogen-bond acceptors (Lipinski definition) is 6. The van der Waals surface area contributed by atoms with E-state index >= 15 is 0 Å². The van der Waals surface area contributed by atoms with Crippen LogP contribution in [0.2, 0.25) is 0 Å². The van der Waals surface area contributed by atoms with Crippen molar-refractivity contribution < 1.29 is 31.6 Å². The molecule has 1 amide bonds. The highest BCUT2D eigenvalue weighted by Crippen LogP contribution is 2.40. The second kappa shape index (κ2) is 8.38. The van der Waals surface area contributed by atoms with Crippen LogP contribution in [0.5, 0.6) is 5.75 Å². The van der Waals surface area contributed by atoms with Crippen LogP contribution >= 0.6 is 0 Å². The fourth-order valence-electron chi connectivity index (χ4n) is 2.99. The number of nitrogens with zero attached hydrogens (tertiary/aromatic N) is 1. The molecule has 0 unspecified atom stereocenters. The summed E-state index contributed by atoms with van der Waals surface area (Å²) in [6, 6.07) is 8.29. The van der Waals surface area contributed by atoms with Crippen molar-refractivity contribution in [3.63, 3.8) is 0 Å². The van der Waals surface area contributed by atoms with Crippen LogP contribution in [-0.4, -0.2) is 47.1 Å². The molecule has 0 spiro atoms. The van der Waals surface area contributed by atoms with Crippen molar-refractivity contribution in [2.24, 2.45) is 0 Å². The monoisotopic (exact) mass is 448 g/mol. The number of ketones is 1. The van der Waals surface area contributed by atoms with Crippen molar-refractivity contribution >= 4 is 38.4 Å². The molecule has 0 saturated heterocycles. The Labute approximate surface area is 178 Å². The Kier molecular flexibility index (Phi) is 6.03. The Morgan fingerprint density at radius 3 is 2.39 bits per heavy atom. The van der Waals surface area contributed by atoms with Gasteiger partial charge in [-0.3, -0.25) is 13.9 Å². The van der Waals surface area contributed by atoms with E-state index in [1.165, 1.54) is 57.4 Å². The van der Waals surface area contributed by atoms with Gasteiger partial charge < -0.3 is 14.5 Å². The Morgan fingerprint density at radius 2 is 1.84 bits per heavy atom. The number of amides is 1. The molecule has 8 nitrogen and oxygen atoms in total. The summed E-state index contributed by atoms with van der Waals surface area (Å²) in [6.45, 7) is 1.05. The van der Waals surface area contributed by atoms with Gasteiger partial charge in [-0.05, 0) is 37.3 Å². The minimum absolute atomic E-state index is 0.0900. The summed E-state index contributed by atoms with van der Waals surface area (Å²) in [6.07, 6.45) is 1.02. The van der Waals surface area contributed by atoms with Gasteiger partial charge in [0, 0.05) is 31.1 Å². The zero-order valence-electron chi connectivity index (χ0n) is 17.4. The first kappa shape index (κ1) is 22.3. The Morgan fingerprint density at radius 1 is 1.19 bits per heavy atom. The average molecular weight is 448 g/mol. The molecule has 0 bridgehead atoms. The number of nitrogens with one attached hydrogen (secondary N) is 1. The zero-order valence-corrected chi connectivity index (χ0v) is 18.2. The van der Waals surface area contributed by atoms with E-state index in [1.54, 1.807) is 0 Å². The molecule has 164 valence electrons. The summed E-state index contributed by atoms with van der Waals surface area (Å²) in [7, 11) is -0.874. The van der Waals surface area contributed by atoms with Crippen LogP contribution in [0, 0.1) is 5.82 Å². The van der Waals surface area contributed by atoms with Crippen molar-refractivity contribution in [1.29, 1.82) is 0 Å². The second-order valence-electron chi connectivity index (χ2n) is 6.93. The van der Waals surface area contributed by atoms with Crippen LogP contribution in [0.25, 0.3) is 22.3 Å². The quantitative estimate of drug-likeness (QED) is 0.596. The van der Waals surface area contributed by atoms with Crippen LogP contribution in [0.1, 0.15) is 17.3 Å². The van der Waals surface area contributed by atoms with Gasteiger partial charge in [0.1, 0.15) is 29.5 Å². The number of sulfonamides is 1. The first-order valence-corrected chi connectivity index (χ1v) is 11.0. The normalized spacial score (nSPS) is 11.4. The van der Waals surface area contributed by atoms with Crippen molar-refractivity contribution in [1.82, 2.24) is 5.32 Å². The highest BCUT2D eigenvalue weighted by Gasteiger charge is 2.26. The van der Waals surface area contributed by atoms with Crippen LogP contribution in [-0.2, 0) is 14.8 Å². The number of ether oxygens (including phenoxy) is 1. The molecule has 0 fully saturated rings. The summed E-state index contributed by atoms with van der Waals surface area (Å²) in [5.41, 5.74) is 0.989. The third-order valence-electron chi connectivity index (χ3n) is 4.60. The molecule has 0 radical (unpaired) electrons. The number of halogens is 1. The number of rotatable bonds is 7. The molecular formula is C21H21FN2O6S. The van der Waals surface area contributed by atoms with E-state index < -0.39 is 21.7 Å². The van der Waals surface area contributed by atoms with E-state index in [1.807, 2.05) is 0 Å². The molecule has 0 atom stereocenters. The van der Waals surface area contributed by atoms with Gasteiger partial charge >= 0.3 is 0 Å². The largest absolute Gasteiger partial charge is 0.484 e. The van der Waals surface area contributed by atoms with Crippen LogP contribution in [0.4, 0.5) is 10.1 Å². The molecule has 10 heteroatoms. The van der Waals surface area contributed by atoms with Gasteiger partial charge in [0.2, 0.25) is 10.0 Å². The number of hydrogen-bond donors (Lipinski definition) is 1. The van der Waals surface area contributed by atoms with Gasteiger partial charge in [0.05, 0.1) is 17.5 Å². The molecule has 31 heavy (non-hydrogen) atoms. The minimum atomic E-state index is -3.66. The summed E-state index contributed by atoms with van der Waals surface area (Å²) < 4.78 is 50.0. The molecule has 0 aliphatic carbocycles. The Hall–Kier alpha value is -3.40. The number of Topliss-reactive ketones (excluding diaryl/α,β-unsaturated/α-hetero) is 1. The van der Waals surface area contributed by atoms with Gasteiger partial charge in [-0.25, -0.2) is 12.8 Å². The predicted octanol–water partition coefficient (Wildman–Crippen LogP) is 2.96. The lowest BCUT2D eigenvalue weighted by Gasteiger charge is -2.20. The summed E-state index contributed by atoms with van der Waals surface area (Å²) in [5.74, 6) is -0.893. The third kappa shape index (κ3) is 4.53. The lowest BCUT2D eigenvalue weighted by molar-refractivity contribution is -0.118. The van der Waals surface area contributed by atoms with E-state index in [0.29, 0.717) is 10.9 Å². The Bertz CT molecular complexity index is 1270. The van der Waals surface area contributed by atoms with E-state index in [2.05, 4.69) is 5.32 Å². The van der Waals surface area contributed by atoms with Crippen LogP contribution in [0.3, 0.4) is 0 Å². The molecule has 0 aliphatic heterocycles. The van der Waals surface area contributed by atoms with Crippen molar-refractivity contribution in [2.75, 3.05) is 31.3 Å². The molecule has 1 N–H and O–H groups in total. The van der Waals surface area contributed by atoms with Gasteiger partial charge in [0.25, 0.3) is 5.91 Å². The van der Waals surface area contributed by atoms with Crippen molar-refractivity contribution in [3.8, 4) is 17.1 Å². The van der Waals surface area contributed by atoms with Crippen molar-refractivity contribution in [2.45, 2.75) is 6.92 Å². The maximum Gasteiger partial charge on any atom is 0.255 e. The molecule has 3 rings (SSSR count). The topological polar surface area (TPSA) is 106 Å². The maximum atomic E-state index is 13.4. The molecule has 1 heterocycles. The minimum Gasteiger partial charge on any atom is -0.484 e. The van der Waals surface area contributed by atoms with Crippen LogP contribution in [0.15, 0.2) is 40.8 Å². The van der Waals surface area contributed by atoms with E-state index in [-0.39, 0.29) is 40.7 Å². The van der Waals surface area contributed by atoms with Gasteiger partial charge in [-0.2, -0.15) is 0 Å². The zero-order chi connectivity index (χ0) is 22.9. The Balaban J connectivity index is 2.32. The average Bonchev–Trinajstić information content (AvgIpc) is 3.08. The molecule has 1 aromatic heterocycles. The van der Waals surface area contributed by atoms with Gasteiger partial charge in [-0.1, -0.05) is 0 Å². The second-order valence-corrected chi connectivity index (χ2v) is 8.94. The number of anilines is 1. The van der Waals surface area contributed by atoms with E-state index in [4.69, 9.17) is 9.15 Å². The molecule has 3 aromatic rings. The van der Waals surface area contributed by atoms with Gasteiger partial charge in [0.15, 0.2) is 5.78 Å². The molecule has 0 aliphatic rings. The first-order chi connectivity index (χ1) is 14.5. The van der Waals surface area contributed by atoms with E-state index in [0.717, 1.165) is 10.6 Å². The SMILES string of the molecule is CNC(=O)c1c(-c2ccc(F)cc2)oc2cc(N(C)S(C)(=O)=O)c(OCC(C)=O)cc12. The first-order valence-electron chi connectivity index (χ1n) is 9.17. The maximum absolute atomic E-state index is 13.4. The lowest BCUT2D eigenvalue weighted by Crippen LogP contribution is -2.25. The highest BCUT2D eigenvalue weighted by molar-refractivity contribution is 7.92. The number of furan rings is 1. The predicted molar refractivity (Wildman–Crippen MR) is 114 cm³/mol. The fraction of sp³-hybridized carbons (Fsp3) is 0.238. The van der Waals surface area contributed by atoms with E-state index in [9.17, 15) is 22.4 Å². The molecule has 2 aromatic carbocycles.